The summed E-state index contributed by atoms with van der Waals surface area (Å²) in [5.74, 6) is 0. The molecule has 1 aromatic rings. The quantitative estimate of drug-likeness (QED) is 0.814. The molecule has 0 radical (unpaired) electrons. The summed E-state index contributed by atoms with van der Waals surface area (Å²) in [6, 6.07) is 9.72. The second-order valence-electron chi connectivity index (χ2n) is 5.82. The molecule has 1 aromatic carbocycles. The summed E-state index contributed by atoms with van der Waals surface area (Å²) in [4.78, 5) is 2.61. The molecule has 0 saturated heterocycles. The fraction of sp³-hybridized carbons (Fsp3) is 0.647. The van der Waals surface area contributed by atoms with E-state index in [1.807, 2.05) is 0 Å². The van der Waals surface area contributed by atoms with Crippen molar-refractivity contribution >= 4 is 5.69 Å². The summed E-state index contributed by atoms with van der Waals surface area (Å²) < 4.78 is 0. The fourth-order valence-electron chi connectivity index (χ4n) is 3.09. The maximum atomic E-state index is 5.71. The van der Waals surface area contributed by atoms with Crippen LogP contribution < -0.4 is 10.6 Å². The maximum absolute atomic E-state index is 5.71. The van der Waals surface area contributed by atoms with Crippen LogP contribution in [0.25, 0.3) is 0 Å². The van der Waals surface area contributed by atoms with E-state index in [4.69, 9.17) is 5.73 Å². The molecular weight excluding hydrogens is 232 g/mol. The van der Waals surface area contributed by atoms with E-state index < -0.39 is 0 Å². The first kappa shape index (κ1) is 14.4. The summed E-state index contributed by atoms with van der Waals surface area (Å²) in [5.41, 5.74) is 8.43. The molecule has 106 valence electrons. The summed E-state index contributed by atoms with van der Waals surface area (Å²) in [5, 5.41) is 0. The highest BCUT2D eigenvalue weighted by molar-refractivity contribution is 5.48. The smallest absolute Gasteiger partial charge is 0.0368 e. The van der Waals surface area contributed by atoms with Gasteiger partial charge in [0.05, 0.1) is 0 Å². The Morgan fingerprint density at radius 3 is 2.26 bits per heavy atom. The van der Waals surface area contributed by atoms with Crippen molar-refractivity contribution in [2.24, 2.45) is 5.73 Å². The Morgan fingerprint density at radius 2 is 1.68 bits per heavy atom. The zero-order valence-electron chi connectivity index (χ0n) is 12.3. The van der Waals surface area contributed by atoms with Crippen molar-refractivity contribution in [3.05, 3.63) is 29.8 Å². The predicted molar refractivity (Wildman–Crippen MR) is 83.7 cm³/mol. The van der Waals surface area contributed by atoms with E-state index in [2.05, 4.69) is 36.1 Å². The fourth-order valence-corrected chi connectivity index (χ4v) is 3.09. The van der Waals surface area contributed by atoms with Gasteiger partial charge in [0.1, 0.15) is 0 Å². The number of nitrogens with zero attached hydrogens (tertiary/aromatic N) is 1. The molecule has 0 atom stereocenters. The number of benzene rings is 1. The van der Waals surface area contributed by atoms with Gasteiger partial charge in [-0.25, -0.2) is 0 Å². The molecule has 2 heteroatoms. The van der Waals surface area contributed by atoms with Gasteiger partial charge in [-0.15, -0.1) is 0 Å². The molecule has 1 aliphatic carbocycles. The number of rotatable bonds is 5. The number of aryl methyl sites for hydroxylation is 1. The molecule has 0 unspecified atom stereocenters. The average molecular weight is 260 g/mol. The van der Waals surface area contributed by atoms with Crippen LogP contribution in [0.5, 0.6) is 0 Å². The Morgan fingerprint density at radius 1 is 1.05 bits per heavy atom. The topological polar surface area (TPSA) is 29.3 Å². The normalized spacial score (nSPS) is 17.2. The number of anilines is 1. The van der Waals surface area contributed by atoms with Crippen LogP contribution >= 0.6 is 0 Å². The van der Waals surface area contributed by atoms with Crippen LogP contribution in [-0.4, -0.2) is 19.1 Å². The van der Waals surface area contributed by atoms with Crippen molar-refractivity contribution < 1.29 is 0 Å². The molecule has 0 bridgehead atoms. The molecule has 1 aliphatic rings. The third kappa shape index (κ3) is 4.24. The van der Waals surface area contributed by atoms with Crippen molar-refractivity contribution in [3.8, 4) is 0 Å². The van der Waals surface area contributed by atoms with Crippen LogP contribution in [0.4, 0.5) is 5.69 Å². The van der Waals surface area contributed by atoms with Crippen LogP contribution in [-0.2, 0) is 0 Å². The highest BCUT2D eigenvalue weighted by Crippen LogP contribution is 2.27. The van der Waals surface area contributed by atoms with Crippen molar-refractivity contribution in [3.63, 3.8) is 0 Å². The van der Waals surface area contributed by atoms with E-state index in [1.54, 1.807) is 0 Å². The van der Waals surface area contributed by atoms with E-state index in [-0.39, 0.29) is 0 Å². The second-order valence-corrected chi connectivity index (χ2v) is 5.82. The zero-order chi connectivity index (χ0) is 13.5. The van der Waals surface area contributed by atoms with Gasteiger partial charge < -0.3 is 10.6 Å². The van der Waals surface area contributed by atoms with Crippen molar-refractivity contribution in [1.29, 1.82) is 0 Å². The summed E-state index contributed by atoms with van der Waals surface area (Å²) in [6.45, 7) is 4.04. The molecule has 0 amide bonds. The van der Waals surface area contributed by atoms with Crippen molar-refractivity contribution in [1.82, 2.24) is 0 Å². The molecule has 1 saturated carbocycles. The maximum Gasteiger partial charge on any atom is 0.0368 e. The van der Waals surface area contributed by atoms with Crippen molar-refractivity contribution in [2.45, 2.75) is 57.9 Å². The Bertz CT molecular complexity index is 350. The molecular formula is C17H28N2. The minimum atomic E-state index is 0.719. The van der Waals surface area contributed by atoms with Gasteiger partial charge in [0.15, 0.2) is 0 Å². The SMILES string of the molecule is Cc1ccc(N(CCCN)C2CCCCCC2)cc1. The molecule has 19 heavy (non-hydrogen) atoms. The second kappa shape index (κ2) is 7.54. The predicted octanol–water partition coefficient (Wildman–Crippen LogP) is 3.87. The third-order valence-electron chi connectivity index (χ3n) is 4.23. The monoisotopic (exact) mass is 260 g/mol. The number of hydrogen-bond donors (Lipinski definition) is 1. The molecule has 1 fully saturated rings. The van der Waals surface area contributed by atoms with Crippen LogP contribution in [0.3, 0.4) is 0 Å². The van der Waals surface area contributed by atoms with Crippen LogP contribution in [0.2, 0.25) is 0 Å². The Kier molecular flexibility index (Phi) is 5.71. The zero-order valence-corrected chi connectivity index (χ0v) is 12.3. The van der Waals surface area contributed by atoms with Gasteiger partial charge in [-0.3, -0.25) is 0 Å². The van der Waals surface area contributed by atoms with Gasteiger partial charge >= 0.3 is 0 Å². The summed E-state index contributed by atoms with van der Waals surface area (Å²) in [7, 11) is 0. The first-order valence-corrected chi connectivity index (χ1v) is 7.84. The third-order valence-corrected chi connectivity index (χ3v) is 4.23. The van der Waals surface area contributed by atoms with Crippen LogP contribution in [0.1, 0.15) is 50.5 Å². The highest BCUT2D eigenvalue weighted by Gasteiger charge is 2.19. The van der Waals surface area contributed by atoms with E-state index in [0.29, 0.717) is 0 Å². The number of nitrogens with two attached hydrogens (primary N) is 1. The summed E-state index contributed by atoms with van der Waals surface area (Å²) >= 11 is 0. The van der Waals surface area contributed by atoms with Gasteiger partial charge in [0.2, 0.25) is 0 Å². The lowest BCUT2D eigenvalue weighted by Gasteiger charge is -2.33. The minimum absolute atomic E-state index is 0.719. The van der Waals surface area contributed by atoms with Gasteiger partial charge in [-0.05, 0) is 44.9 Å². The molecule has 0 aliphatic heterocycles. The lowest BCUT2D eigenvalue weighted by Crippen LogP contribution is -2.36. The average Bonchev–Trinajstić information content (AvgIpc) is 2.70. The standard InChI is InChI=1S/C17H28N2/c1-15-9-11-17(12-10-15)19(14-6-13-18)16-7-4-2-3-5-8-16/h9-12,16H,2-8,13-14,18H2,1H3. The lowest BCUT2D eigenvalue weighted by molar-refractivity contribution is 0.519. The highest BCUT2D eigenvalue weighted by atomic mass is 15.2. The summed E-state index contributed by atoms with van der Waals surface area (Å²) in [6.07, 6.45) is 9.37. The van der Waals surface area contributed by atoms with E-state index in [0.717, 1.165) is 25.6 Å². The first-order chi connectivity index (χ1) is 9.31. The minimum Gasteiger partial charge on any atom is -0.369 e. The molecule has 0 spiro atoms. The molecule has 0 aromatic heterocycles. The van der Waals surface area contributed by atoms with Gasteiger partial charge in [-0.2, -0.15) is 0 Å². The molecule has 0 heterocycles. The van der Waals surface area contributed by atoms with Gasteiger partial charge in [0, 0.05) is 18.3 Å². The number of hydrogen-bond acceptors (Lipinski definition) is 2. The molecule has 2 nitrogen and oxygen atoms in total. The van der Waals surface area contributed by atoms with E-state index in [1.165, 1.54) is 49.8 Å². The Hall–Kier alpha value is -1.02. The first-order valence-electron chi connectivity index (χ1n) is 7.84. The largest absolute Gasteiger partial charge is 0.369 e. The van der Waals surface area contributed by atoms with Crippen LogP contribution in [0, 0.1) is 6.92 Å². The Labute approximate surface area is 118 Å². The molecule has 2 N–H and O–H groups in total. The molecule has 2 rings (SSSR count). The van der Waals surface area contributed by atoms with E-state index in [9.17, 15) is 0 Å². The van der Waals surface area contributed by atoms with Gasteiger partial charge in [-0.1, -0.05) is 43.4 Å². The lowest BCUT2D eigenvalue weighted by atomic mass is 10.1. The Balaban J connectivity index is 2.11. The van der Waals surface area contributed by atoms with Crippen LogP contribution in [0.15, 0.2) is 24.3 Å². The van der Waals surface area contributed by atoms with E-state index >= 15 is 0 Å². The van der Waals surface area contributed by atoms with Gasteiger partial charge in [0.25, 0.3) is 0 Å². The van der Waals surface area contributed by atoms with Crippen molar-refractivity contribution in [2.75, 3.05) is 18.0 Å².